The zero-order valence-corrected chi connectivity index (χ0v) is 13.3. The molecule has 1 saturated heterocycles. The van der Waals surface area contributed by atoms with Crippen LogP contribution in [-0.4, -0.2) is 40.7 Å². The van der Waals surface area contributed by atoms with Crippen LogP contribution >= 0.6 is 11.8 Å². The first-order chi connectivity index (χ1) is 10.6. The van der Waals surface area contributed by atoms with Crippen molar-refractivity contribution in [3.8, 4) is 0 Å². The van der Waals surface area contributed by atoms with Crippen molar-refractivity contribution in [1.82, 2.24) is 4.90 Å². The summed E-state index contributed by atoms with van der Waals surface area (Å²) in [4.78, 5) is 25.5. The Hall–Kier alpha value is -1.49. The van der Waals surface area contributed by atoms with Gasteiger partial charge in [0, 0.05) is 19.5 Å². The number of aryl methyl sites for hydroxylation is 1. The predicted octanol–water partition coefficient (Wildman–Crippen LogP) is 2.73. The number of carboxylic acids is 1. The Balaban J connectivity index is 1.65. The van der Waals surface area contributed by atoms with E-state index in [1.807, 2.05) is 17.0 Å². The van der Waals surface area contributed by atoms with E-state index >= 15 is 0 Å². The van der Waals surface area contributed by atoms with Crippen molar-refractivity contribution in [3.05, 3.63) is 35.4 Å². The largest absolute Gasteiger partial charge is 0.481 e. The summed E-state index contributed by atoms with van der Waals surface area (Å²) in [6, 6.07) is 8.23. The SMILES string of the molecule is O=C(O)CC1CCN(C(=O)C2SCCc3ccccc32)CC1. The molecule has 118 valence electrons. The zero-order valence-electron chi connectivity index (χ0n) is 12.5. The van der Waals surface area contributed by atoms with Crippen LogP contribution in [0.3, 0.4) is 0 Å². The highest BCUT2D eigenvalue weighted by Crippen LogP contribution is 2.38. The van der Waals surface area contributed by atoms with Crippen LogP contribution in [0.5, 0.6) is 0 Å². The number of likely N-dealkylation sites (tertiary alicyclic amines) is 1. The summed E-state index contributed by atoms with van der Waals surface area (Å²) in [5.41, 5.74) is 2.46. The molecule has 1 fully saturated rings. The zero-order chi connectivity index (χ0) is 15.5. The average molecular weight is 319 g/mol. The second-order valence-electron chi connectivity index (χ2n) is 6.07. The number of hydrogen-bond donors (Lipinski definition) is 1. The van der Waals surface area contributed by atoms with Gasteiger partial charge in [-0.1, -0.05) is 24.3 Å². The molecule has 5 heteroatoms. The maximum atomic E-state index is 12.8. The summed E-state index contributed by atoms with van der Waals surface area (Å²) < 4.78 is 0. The van der Waals surface area contributed by atoms with Gasteiger partial charge in [-0.05, 0) is 42.1 Å². The Bertz CT molecular complexity index is 567. The fourth-order valence-electron chi connectivity index (χ4n) is 3.37. The summed E-state index contributed by atoms with van der Waals surface area (Å²) in [5.74, 6) is 0.670. The van der Waals surface area contributed by atoms with Crippen LogP contribution in [0.1, 0.15) is 35.6 Å². The van der Waals surface area contributed by atoms with E-state index in [1.54, 1.807) is 11.8 Å². The van der Waals surface area contributed by atoms with Crippen LogP contribution in [-0.2, 0) is 16.0 Å². The van der Waals surface area contributed by atoms with Gasteiger partial charge in [-0.2, -0.15) is 0 Å². The number of thioether (sulfide) groups is 1. The summed E-state index contributed by atoms with van der Waals surface area (Å²) in [7, 11) is 0. The van der Waals surface area contributed by atoms with Gasteiger partial charge < -0.3 is 10.0 Å². The minimum atomic E-state index is -0.735. The van der Waals surface area contributed by atoms with Crippen LogP contribution in [0.15, 0.2) is 24.3 Å². The maximum Gasteiger partial charge on any atom is 0.303 e. The summed E-state index contributed by atoms with van der Waals surface area (Å²) in [5, 5.41) is 8.79. The molecule has 0 radical (unpaired) electrons. The molecule has 0 aromatic heterocycles. The van der Waals surface area contributed by atoms with E-state index < -0.39 is 5.97 Å². The van der Waals surface area contributed by atoms with Crippen molar-refractivity contribution in [2.45, 2.75) is 30.9 Å². The molecule has 0 spiro atoms. The van der Waals surface area contributed by atoms with Gasteiger partial charge in [0.2, 0.25) is 5.91 Å². The fourth-order valence-corrected chi connectivity index (χ4v) is 4.64. The van der Waals surface area contributed by atoms with Crippen LogP contribution in [0, 0.1) is 5.92 Å². The topological polar surface area (TPSA) is 57.6 Å². The lowest BCUT2D eigenvalue weighted by Gasteiger charge is -2.35. The highest BCUT2D eigenvalue weighted by Gasteiger charge is 2.32. The number of hydrogen-bond acceptors (Lipinski definition) is 3. The number of benzene rings is 1. The average Bonchev–Trinajstić information content (AvgIpc) is 2.54. The van der Waals surface area contributed by atoms with E-state index in [1.165, 1.54) is 5.56 Å². The van der Waals surface area contributed by atoms with Gasteiger partial charge in [0.25, 0.3) is 0 Å². The standard InChI is InChI=1S/C17H21NO3S/c19-15(20)11-12-5-8-18(9-6-12)17(21)16-14-4-2-1-3-13(14)7-10-22-16/h1-4,12,16H,5-11H2,(H,19,20). The Kier molecular flexibility index (Phi) is 4.71. The molecular formula is C17H21NO3S. The Morgan fingerprint density at radius 1 is 1.23 bits per heavy atom. The molecule has 1 unspecified atom stereocenters. The third-order valence-corrected chi connectivity index (χ3v) is 5.84. The molecule has 22 heavy (non-hydrogen) atoms. The van der Waals surface area contributed by atoms with Crippen molar-refractivity contribution < 1.29 is 14.7 Å². The van der Waals surface area contributed by atoms with Crippen LogP contribution in [0.2, 0.25) is 0 Å². The fraction of sp³-hybridized carbons (Fsp3) is 0.529. The number of nitrogens with zero attached hydrogens (tertiary/aromatic N) is 1. The number of carbonyl (C=O) groups excluding carboxylic acids is 1. The van der Waals surface area contributed by atoms with Crippen molar-refractivity contribution >= 4 is 23.6 Å². The normalized spacial score (nSPS) is 22.2. The second kappa shape index (κ2) is 6.73. The molecule has 1 N–H and O–H groups in total. The van der Waals surface area contributed by atoms with Gasteiger partial charge in [0.15, 0.2) is 0 Å². The van der Waals surface area contributed by atoms with E-state index in [9.17, 15) is 9.59 Å². The number of rotatable bonds is 3. The molecule has 0 saturated carbocycles. The monoisotopic (exact) mass is 319 g/mol. The van der Waals surface area contributed by atoms with E-state index in [4.69, 9.17) is 5.11 Å². The summed E-state index contributed by atoms with van der Waals surface area (Å²) in [6.07, 6.45) is 2.86. The predicted molar refractivity (Wildman–Crippen MR) is 86.9 cm³/mol. The van der Waals surface area contributed by atoms with Crippen LogP contribution in [0.25, 0.3) is 0 Å². The lowest BCUT2D eigenvalue weighted by molar-refractivity contribution is -0.138. The van der Waals surface area contributed by atoms with Crippen molar-refractivity contribution in [1.29, 1.82) is 0 Å². The first-order valence-electron chi connectivity index (χ1n) is 7.85. The second-order valence-corrected chi connectivity index (χ2v) is 7.28. The van der Waals surface area contributed by atoms with E-state index in [0.29, 0.717) is 13.1 Å². The number of amides is 1. The molecule has 2 aliphatic heterocycles. The van der Waals surface area contributed by atoms with Gasteiger partial charge >= 0.3 is 5.97 Å². The summed E-state index contributed by atoms with van der Waals surface area (Å²) >= 11 is 1.73. The lowest BCUT2D eigenvalue weighted by atomic mass is 9.93. The van der Waals surface area contributed by atoms with Gasteiger partial charge in [-0.25, -0.2) is 0 Å². The number of aliphatic carboxylic acids is 1. The van der Waals surface area contributed by atoms with Gasteiger partial charge in [-0.3, -0.25) is 9.59 Å². The highest BCUT2D eigenvalue weighted by atomic mass is 32.2. The molecule has 0 bridgehead atoms. The molecule has 1 aromatic rings. The minimum absolute atomic E-state index is 0.0824. The first kappa shape index (κ1) is 15.4. The van der Waals surface area contributed by atoms with Crippen molar-refractivity contribution in [3.63, 3.8) is 0 Å². The quantitative estimate of drug-likeness (QED) is 0.931. The van der Waals surface area contributed by atoms with Gasteiger partial charge in [-0.15, -0.1) is 11.8 Å². The Labute approximate surface area is 134 Å². The van der Waals surface area contributed by atoms with Crippen molar-refractivity contribution in [2.75, 3.05) is 18.8 Å². The number of fused-ring (bicyclic) bond motifs is 1. The third kappa shape index (κ3) is 3.29. The van der Waals surface area contributed by atoms with Crippen molar-refractivity contribution in [2.24, 2.45) is 5.92 Å². The maximum absolute atomic E-state index is 12.8. The molecular weight excluding hydrogens is 298 g/mol. The van der Waals surface area contributed by atoms with Crippen LogP contribution in [0.4, 0.5) is 0 Å². The summed E-state index contributed by atoms with van der Waals surface area (Å²) in [6.45, 7) is 1.38. The molecule has 1 aromatic carbocycles. The van der Waals surface area contributed by atoms with Gasteiger partial charge in [0.05, 0.1) is 0 Å². The molecule has 3 rings (SSSR count). The van der Waals surface area contributed by atoms with E-state index in [2.05, 4.69) is 12.1 Å². The highest BCUT2D eigenvalue weighted by molar-refractivity contribution is 8.00. The molecule has 2 heterocycles. The number of carbonyl (C=O) groups is 2. The van der Waals surface area contributed by atoms with Crippen LogP contribution < -0.4 is 0 Å². The Morgan fingerprint density at radius 3 is 2.68 bits per heavy atom. The number of carboxylic acid groups (broad SMARTS) is 1. The third-order valence-electron chi connectivity index (χ3n) is 4.61. The minimum Gasteiger partial charge on any atom is -0.481 e. The van der Waals surface area contributed by atoms with E-state index in [0.717, 1.165) is 30.6 Å². The lowest BCUT2D eigenvalue weighted by Crippen LogP contribution is -2.41. The first-order valence-corrected chi connectivity index (χ1v) is 8.90. The number of piperidine rings is 1. The molecule has 4 nitrogen and oxygen atoms in total. The smallest absolute Gasteiger partial charge is 0.303 e. The molecule has 2 aliphatic rings. The molecule has 1 atom stereocenters. The molecule has 0 aliphatic carbocycles. The Morgan fingerprint density at radius 2 is 1.95 bits per heavy atom. The van der Waals surface area contributed by atoms with Gasteiger partial charge in [0.1, 0.15) is 5.25 Å². The van der Waals surface area contributed by atoms with E-state index in [-0.39, 0.29) is 23.5 Å². The molecule has 1 amide bonds.